The highest BCUT2D eigenvalue weighted by molar-refractivity contribution is 5.84. The van der Waals surface area contributed by atoms with E-state index in [9.17, 15) is 4.79 Å². The van der Waals surface area contributed by atoms with Crippen molar-refractivity contribution in [2.45, 2.75) is 26.7 Å². The Balaban J connectivity index is 1.84. The fourth-order valence-corrected chi connectivity index (χ4v) is 2.94. The van der Waals surface area contributed by atoms with E-state index in [1.54, 1.807) is 0 Å². The standard InChI is InChI=1S/C17H24N2O2/c1-12-8-13(2)10-14(9-12)11-18-15-4-6-16(7-5-15)19-17(20)21-3/h4-8,12,14,18H,9-11H2,1-3H3,(H,19,20). The zero-order valence-electron chi connectivity index (χ0n) is 13.0. The van der Waals surface area contributed by atoms with Gasteiger partial charge in [-0.15, -0.1) is 0 Å². The van der Waals surface area contributed by atoms with Crippen LogP contribution in [-0.4, -0.2) is 19.7 Å². The SMILES string of the molecule is COC(=O)Nc1ccc(NCC2CC(C)=CC(C)C2)cc1. The fraction of sp³-hybridized carbons (Fsp3) is 0.471. The lowest BCUT2D eigenvalue weighted by Crippen LogP contribution is -2.20. The molecule has 2 rings (SSSR count). The van der Waals surface area contributed by atoms with Crippen molar-refractivity contribution in [2.24, 2.45) is 11.8 Å². The molecule has 1 aromatic rings. The Labute approximate surface area is 126 Å². The molecule has 4 nitrogen and oxygen atoms in total. The van der Waals surface area contributed by atoms with Crippen molar-refractivity contribution in [3.63, 3.8) is 0 Å². The molecule has 1 amide bonds. The minimum absolute atomic E-state index is 0.450. The maximum Gasteiger partial charge on any atom is 0.411 e. The largest absolute Gasteiger partial charge is 0.453 e. The van der Waals surface area contributed by atoms with Crippen molar-refractivity contribution in [1.29, 1.82) is 0 Å². The van der Waals surface area contributed by atoms with Gasteiger partial charge in [-0.1, -0.05) is 18.6 Å². The third-order valence-corrected chi connectivity index (χ3v) is 3.80. The summed E-state index contributed by atoms with van der Waals surface area (Å²) >= 11 is 0. The van der Waals surface area contributed by atoms with Gasteiger partial charge in [-0.2, -0.15) is 0 Å². The highest BCUT2D eigenvalue weighted by atomic mass is 16.5. The van der Waals surface area contributed by atoms with Crippen LogP contribution in [0.15, 0.2) is 35.9 Å². The first-order chi connectivity index (χ1) is 10.1. The van der Waals surface area contributed by atoms with Crippen molar-refractivity contribution in [3.05, 3.63) is 35.9 Å². The summed E-state index contributed by atoms with van der Waals surface area (Å²) in [6, 6.07) is 7.68. The summed E-state index contributed by atoms with van der Waals surface area (Å²) in [4.78, 5) is 11.1. The first-order valence-electron chi connectivity index (χ1n) is 7.43. The minimum Gasteiger partial charge on any atom is -0.453 e. The van der Waals surface area contributed by atoms with Crippen LogP contribution in [0.3, 0.4) is 0 Å². The third kappa shape index (κ3) is 4.81. The maximum absolute atomic E-state index is 11.1. The number of benzene rings is 1. The Morgan fingerprint density at radius 3 is 2.57 bits per heavy atom. The Kier molecular flexibility index (Phi) is 5.26. The summed E-state index contributed by atoms with van der Waals surface area (Å²) in [6.45, 7) is 5.48. The van der Waals surface area contributed by atoms with Gasteiger partial charge >= 0.3 is 6.09 Å². The molecule has 1 aromatic carbocycles. The predicted octanol–water partition coefficient (Wildman–Crippen LogP) is 4.27. The molecule has 2 unspecified atom stereocenters. The van der Waals surface area contributed by atoms with Crippen molar-refractivity contribution in [3.8, 4) is 0 Å². The number of ether oxygens (including phenoxy) is 1. The van der Waals surface area contributed by atoms with Gasteiger partial charge in [0.05, 0.1) is 7.11 Å². The molecule has 2 N–H and O–H groups in total. The summed E-state index contributed by atoms with van der Waals surface area (Å²) < 4.78 is 4.56. The summed E-state index contributed by atoms with van der Waals surface area (Å²) in [5, 5.41) is 6.12. The summed E-state index contributed by atoms with van der Waals surface area (Å²) in [5.74, 6) is 1.37. The number of carbonyl (C=O) groups is 1. The van der Waals surface area contributed by atoms with Crippen LogP contribution in [-0.2, 0) is 4.74 Å². The van der Waals surface area contributed by atoms with E-state index >= 15 is 0 Å². The van der Waals surface area contributed by atoms with E-state index < -0.39 is 6.09 Å². The van der Waals surface area contributed by atoms with Gasteiger partial charge in [-0.3, -0.25) is 5.32 Å². The third-order valence-electron chi connectivity index (χ3n) is 3.80. The zero-order chi connectivity index (χ0) is 15.2. The molecular formula is C17H24N2O2. The van der Waals surface area contributed by atoms with Crippen LogP contribution in [0.1, 0.15) is 26.7 Å². The molecule has 0 saturated heterocycles. The van der Waals surface area contributed by atoms with Crippen LogP contribution in [0.5, 0.6) is 0 Å². The second-order valence-corrected chi connectivity index (χ2v) is 5.87. The summed E-state index contributed by atoms with van der Waals surface area (Å²) in [5.41, 5.74) is 3.31. The Hall–Kier alpha value is -1.97. The number of rotatable bonds is 4. The lowest BCUT2D eigenvalue weighted by Gasteiger charge is -2.26. The number of allylic oxidation sites excluding steroid dienone is 2. The van der Waals surface area contributed by atoms with E-state index in [0.29, 0.717) is 11.8 Å². The number of amides is 1. The van der Waals surface area contributed by atoms with Gasteiger partial charge in [0.15, 0.2) is 0 Å². The molecule has 0 bridgehead atoms. The summed E-state index contributed by atoms with van der Waals surface area (Å²) in [6.07, 6.45) is 4.35. The highest BCUT2D eigenvalue weighted by Crippen LogP contribution is 2.28. The molecular weight excluding hydrogens is 264 g/mol. The fourth-order valence-electron chi connectivity index (χ4n) is 2.94. The highest BCUT2D eigenvalue weighted by Gasteiger charge is 2.17. The van der Waals surface area contributed by atoms with Crippen LogP contribution >= 0.6 is 0 Å². The molecule has 1 aliphatic rings. The van der Waals surface area contributed by atoms with Crippen LogP contribution < -0.4 is 10.6 Å². The van der Waals surface area contributed by atoms with Crippen molar-refractivity contribution >= 4 is 17.5 Å². The average molecular weight is 288 g/mol. The quantitative estimate of drug-likeness (QED) is 0.813. The Morgan fingerprint density at radius 1 is 1.29 bits per heavy atom. The van der Waals surface area contributed by atoms with Crippen molar-refractivity contribution in [1.82, 2.24) is 0 Å². The molecule has 21 heavy (non-hydrogen) atoms. The number of methoxy groups -OCH3 is 1. The number of nitrogens with one attached hydrogen (secondary N) is 2. The van der Waals surface area contributed by atoms with Gasteiger partial charge in [0.25, 0.3) is 0 Å². The molecule has 0 spiro atoms. The molecule has 4 heteroatoms. The molecule has 0 radical (unpaired) electrons. The maximum atomic E-state index is 11.1. The van der Waals surface area contributed by atoms with E-state index in [-0.39, 0.29) is 0 Å². The van der Waals surface area contributed by atoms with Crippen LogP contribution in [0.25, 0.3) is 0 Å². The molecule has 0 aliphatic heterocycles. The molecule has 2 atom stereocenters. The van der Waals surface area contributed by atoms with Gasteiger partial charge in [0, 0.05) is 17.9 Å². The number of hydrogen-bond acceptors (Lipinski definition) is 3. The van der Waals surface area contributed by atoms with Gasteiger partial charge in [0.1, 0.15) is 0 Å². The molecule has 114 valence electrons. The van der Waals surface area contributed by atoms with Crippen molar-refractivity contribution < 1.29 is 9.53 Å². The molecule has 0 fully saturated rings. The monoisotopic (exact) mass is 288 g/mol. The van der Waals surface area contributed by atoms with Crippen LogP contribution in [0.4, 0.5) is 16.2 Å². The number of anilines is 2. The van der Waals surface area contributed by atoms with Crippen molar-refractivity contribution in [2.75, 3.05) is 24.3 Å². The van der Waals surface area contributed by atoms with E-state index in [0.717, 1.165) is 17.9 Å². The van der Waals surface area contributed by atoms with E-state index in [2.05, 4.69) is 35.3 Å². The first-order valence-corrected chi connectivity index (χ1v) is 7.43. The topological polar surface area (TPSA) is 50.4 Å². The van der Waals surface area contributed by atoms with Gasteiger partial charge in [-0.05, 0) is 55.9 Å². The smallest absolute Gasteiger partial charge is 0.411 e. The van der Waals surface area contributed by atoms with Gasteiger partial charge < -0.3 is 10.1 Å². The lowest BCUT2D eigenvalue weighted by molar-refractivity contribution is 0.187. The molecule has 0 aromatic heterocycles. The van der Waals surface area contributed by atoms with Crippen LogP contribution in [0.2, 0.25) is 0 Å². The van der Waals surface area contributed by atoms with Crippen LogP contribution in [0, 0.1) is 11.8 Å². The molecule has 0 heterocycles. The normalized spacial score (nSPS) is 21.4. The number of carbonyl (C=O) groups excluding carboxylic acids is 1. The van der Waals surface area contributed by atoms with Gasteiger partial charge in [-0.25, -0.2) is 4.79 Å². The van der Waals surface area contributed by atoms with E-state index in [4.69, 9.17) is 0 Å². The van der Waals surface area contributed by atoms with E-state index in [1.807, 2.05) is 24.3 Å². The minimum atomic E-state index is -0.450. The second-order valence-electron chi connectivity index (χ2n) is 5.87. The Morgan fingerprint density at radius 2 is 1.95 bits per heavy atom. The average Bonchev–Trinajstić information content (AvgIpc) is 2.45. The number of hydrogen-bond donors (Lipinski definition) is 2. The van der Waals surface area contributed by atoms with Gasteiger partial charge in [0.2, 0.25) is 0 Å². The zero-order valence-corrected chi connectivity index (χ0v) is 13.0. The molecule has 1 aliphatic carbocycles. The second kappa shape index (κ2) is 7.16. The summed E-state index contributed by atoms with van der Waals surface area (Å²) in [7, 11) is 1.35. The van der Waals surface area contributed by atoms with E-state index in [1.165, 1.54) is 25.5 Å². The lowest BCUT2D eigenvalue weighted by atomic mass is 9.84. The molecule has 0 saturated carbocycles. The predicted molar refractivity (Wildman–Crippen MR) is 86.6 cm³/mol. The first kappa shape index (κ1) is 15.4. The Bertz CT molecular complexity index is 508.